The Hall–Kier alpha value is -0.680. The van der Waals surface area contributed by atoms with Gasteiger partial charge in [0.1, 0.15) is 0 Å². The van der Waals surface area contributed by atoms with Gasteiger partial charge in [0, 0.05) is 29.1 Å². The molecule has 0 radical (unpaired) electrons. The number of carbonyl (C=O) groups is 1. The van der Waals surface area contributed by atoms with Crippen molar-refractivity contribution in [3.05, 3.63) is 56.2 Å². The van der Waals surface area contributed by atoms with E-state index in [1.807, 2.05) is 34.9 Å². The van der Waals surface area contributed by atoms with E-state index in [1.54, 1.807) is 12.1 Å². The van der Waals surface area contributed by atoms with Crippen LogP contribution in [0.5, 0.6) is 0 Å². The van der Waals surface area contributed by atoms with E-state index in [0.29, 0.717) is 14.5 Å². The molecule has 2 aromatic rings. The number of thioether (sulfide) groups is 1. The van der Waals surface area contributed by atoms with Gasteiger partial charge in [0.15, 0.2) is 0 Å². The van der Waals surface area contributed by atoms with E-state index in [0.717, 1.165) is 30.3 Å². The van der Waals surface area contributed by atoms with Gasteiger partial charge >= 0.3 is 0 Å². The van der Waals surface area contributed by atoms with Gasteiger partial charge in [0.25, 0.3) is 5.91 Å². The molecule has 0 bridgehead atoms. The molecule has 1 amide bonds. The minimum absolute atomic E-state index is 0.0808. The Kier molecular flexibility index (Phi) is 5.34. The first-order valence-corrected chi connectivity index (χ1v) is 9.68. The lowest BCUT2D eigenvalue weighted by molar-refractivity contribution is 0.0771. The van der Waals surface area contributed by atoms with Crippen LogP contribution in [0.3, 0.4) is 0 Å². The van der Waals surface area contributed by atoms with Gasteiger partial charge in [-0.25, -0.2) is 0 Å². The number of hydrogen-bond acceptors (Lipinski definition) is 3. The number of hydrogen-bond donors (Lipinski definition) is 0. The van der Waals surface area contributed by atoms with E-state index in [1.165, 1.54) is 16.9 Å². The van der Waals surface area contributed by atoms with Crippen molar-refractivity contribution < 1.29 is 4.79 Å². The molecule has 2 nitrogen and oxygen atoms in total. The predicted octanol–water partition coefficient (Wildman–Crippen LogP) is 5.38. The zero-order chi connectivity index (χ0) is 15.5. The molecule has 1 unspecified atom stereocenters. The summed E-state index contributed by atoms with van der Waals surface area (Å²) in [5.41, 5.74) is 1.17. The van der Waals surface area contributed by atoms with Gasteiger partial charge < -0.3 is 4.90 Å². The lowest BCUT2D eigenvalue weighted by Crippen LogP contribution is -2.32. The molecule has 1 fully saturated rings. The number of nitrogens with zero attached hydrogens (tertiary/aromatic N) is 1. The molecule has 22 heavy (non-hydrogen) atoms. The highest BCUT2D eigenvalue weighted by Gasteiger charge is 2.24. The molecule has 6 heteroatoms. The zero-order valence-corrected chi connectivity index (χ0v) is 14.9. The van der Waals surface area contributed by atoms with E-state index in [4.69, 9.17) is 23.2 Å². The van der Waals surface area contributed by atoms with Gasteiger partial charge in [-0.05, 0) is 30.2 Å². The Labute approximate surface area is 148 Å². The highest BCUT2D eigenvalue weighted by atomic mass is 35.5. The molecule has 1 aromatic carbocycles. The van der Waals surface area contributed by atoms with E-state index >= 15 is 0 Å². The number of carbonyl (C=O) groups excluding carboxylic acids is 1. The second kappa shape index (κ2) is 7.26. The number of amides is 1. The molecule has 1 saturated heterocycles. The van der Waals surface area contributed by atoms with Gasteiger partial charge in [-0.3, -0.25) is 4.79 Å². The summed E-state index contributed by atoms with van der Waals surface area (Å²) < 4.78 is 0.654. The Morgan fingerprint density at radius 3 is 2.68 bits per heavy atom. The van der Waals surface area contributed by atoms with Crippen molar-refractivity contribution in [3.8, 4) is 0 Å². The Morgan fingerprint density at radius 1 is 1.14 bits per heavy atom. The highest BCUT2D eigenvalue weighted by molar-refractivity contribution is 7.99. The first kappa shape index (κ1) is 16.2. The molecule has 1 aromatic heterocycles. The van der Waals surface area contributed by atoms with Gasteiger partial charge in [-0.2, -0.15) is 11.8 Å². The average molecular weight is 372 g/mol. The molecule has 2 heterocycles. The van der Waals surface area contributed by atoms with Crippen molar-refractivity contribution in [3.63, 3.8) is 0 Å². The molecule has 1 atom stereocenters. The van der Waals surface area contributed by atoms with Gasteiger partial charge in [0.2, 0.25) is 0 Å². The van der Waals surface area contributed by atoms with Crippen molar-refractivity contribution in [1.29, 1.82) is 0 Å². The van der Waals surface area contributed by atoms with E-state index in [-0.39, 0.29) is 5.91 Å². The molecule has 0 aliphatic carbocycles. The second-order valence-electron chi connectivity index (χ2n) is 5.07. The molecule has 116 valence electrons. The van der Waals surface area contributed by atoms with Crippen LogP contribution in [0.2, 0.25) is 9.36 Å². The summed E-state index contributed by atoms with van der Waals surface area (Å²) >= 11 is 15.4. The van der Waals surface area contributed by atoms with Crippen LogP contribution in [-0.4, -0.2) is 29.6 Å². The van der Waals surface area contributed by atoms with Crippen LogP contribution in [0.25, 0.3) is 0 Å². The van der Waals surface area contributed by atoms with Crippen LogP contribution in [0.15, 0.2) is 36.4 Å². The van der Waals surface area contributed by atoms with Crippen LogP contribution in [0.4, 0.5) is 0 Å². The number of rotatable bonds is 2. The van der Waals surface area contributed by atoms with Crippen molar-refractivity contribution in [1.82, 2.24) is 4.90 Å². The van der Waals surface area contributed by atoms with E-state index in [9.17, 15) is 4.79 Å². The Balaban J connectivity index is 1.70. The van der Waals surface area contributed by atoms with Crippen LogP contribution >= 0.6 is 46.3 Å². The molecule has 3 rings (SSSR count). The van der Waals surface area contributed by atoms with Crippen LogP contribution in [0.1, 0.15) is 26.9 Å². The lowest BCUT2D eigenvalue weighted by Gasteiger charge is -2.19. The minimum atomic E-state index is 0.0808. The first-order valence-electron chi connectivity index (χ1n) is 7.06. The fourth-order valence-electron chi connectivity index (χ4n) is 2.54. The third-order valence-electron chi connectivity index (χ3n) is 3.66. The fraction of sp³-hybridized carbons (Fsp3) is 0.312. The summed E-state index contributed by atoms with van der Waals surface area (Å²) in [5.74, 6) is 0.998. The van der Waals surface area contributed by atoms with Crippen molar-refractivity contribution in [2.45, 2.75) is 11.7 Å². The molecular formula is C16H15Cl2NOS2. The molecule has 1 aliphatic heterocycles. The molecular weight excluding hydrogens is 357 g/mol. The maximum atomic E-state index is 12.5. The van der Waals surface area contributed by atoms with Gasteiger partial charge in [-0.1, -0.05) is 41.4 Å². The second-order valence-corrected chi connectivity index (χ2v) is 8.50. The zero-order valence-electron chi connectivity index (χ0n) is 11.8. The summed E-state index contributed by atoms with van der Waals surface area (Å²) in [5, 5.41) is 1.16. The smallest absolute Gasteiger partial charge is 0.264 e. The van der Waals surface area contributed by atoms with Crippen molar-refractivity contribution >= 4 is 52.2 Å². The normalized spacial score (nSPS) is 19.0. The van der Waals surface area contributed by atoms with Crippen LogP contribution in [0, 0.1) is 0 Å². The summed E-state index contributed by atoms with van der Waals surface area (Å²) in [4.78, 5) is 15.2. The predicted molar refractivity (Wildman–Crippen MR) is 96.5 cm³/mol. The van der Waals surface area contributed by atoms with Gasteiger partial charge in [-0.15, -0.1) is 11.3 Å². The van der Waals surface area contributed by atoms with E-state index in [2.05, 4.69) is 6.07 Å². The Bertz CT molecular complexity index is 674. The summed E-state index contributed by atoms with van der Waals surface area (Å²) in [6.45, 7) is 1.51. The standard InChI is InChI=1S/C16H15Cl2NOS2/c17-12-4-2-1-3-11(12)13-7-8-19(9-10-21-13)16(20)14-5-6-15(18)22-14/h1-6,13H,7-10H2. The number of benzene rings is 1. The highest BCUT2D eigenvalue weighted by Crippen LogP contribution is 2.38. The lowest BCUT2D eigenvalue weighted by atomic mass is 10.1. The Morgan fingerprint density at radius 2 is 1.95 bits per heavy atom. The third-order valence-corrected chi connectivity index (χ3v) is 6.54. The molecule has 1 aliphatic rings. The molecule has 0 saturated carbocycles. The number of halogens is 2. The third kappa shape index (κ3) is 3.62. The van der Waals surface area contributed by atoms with Crippen LogP contribution < -0.4 is 0 Å². The SMILES string of the molecule is O=C(c1ccc(Cl)s1)N1CCSC(c2ccccc2Cl)CC1. The maximum Gasteiger partial charge on any atom is 0.264 e. The minimum Gasteiger partial charge on any atom is -0.337 e. The van der Waals surface area contributed by atoms with Crippen molar-refractivity contribution in [2.75, 3.05) is 18.8 Å². The first-order chi connectivity index (χ1) is 10.6. The summed E-state index contributed by atoms with van der Waals surface area (Å²) in [6.07, 6.45) is 0.916. The maximum absolute atomic E-state index is 12.5. The topological polar surface area (TPSA) is 20.3 Å². The summed E-state index contributed by atoms with van der Waals surface area (Å²) in [6, 6.07) is 11.6. The molecule has 0 N–H and O–H groups in total. The quantitative estimate of drug-likeness (QED) is 0.706. The summed E-state index contributed by atoms with van der Waals surface area (Å²) in [7, 11) is 0. The molecule has 0 spiro atoms. The number of thiophene rings is 1. The average Bonchev–Trinajstić information content (AvgIpc) is 2.81. The van der Waals surface area contributed by atoms with Crippen LogP contribution in [-0.2, 0) is 0 Å². The van der Waals surface area contributed by atoms with Crippen molar-refractivity contribution in [2.24, 2.45) is 0 Å². The monoisotopic (exact) mass is 371 g/mol. The van der Waals surface area contributed by atoms with E-state index < -0.39 is 0 Å². The fourth-order valence-corrected chi connectivity index (χ4v) is 5.15. The van der Waals surface area contributed by atoms with Gasteiger partial charge in [0.05, 0.1) is 9.21 Å². The largest absolute Gasteiger partial charge is 0.337 e.